The second-order valence-corrected chi connectivity index (χ2v) is 6.56. The Balaban J connectivity index is 0.00000208. The van der Waals surface area contributed by atoms with E-state index in [1.165, 1.54) is 18.4 Å². The van der Waals surface area contributed by atoms with Gasteiger partial charge in [-0.3, -0.25) is 4.79 Å². The molecule has 6 heteroatoms. The van der Waals surface area contributed by atoms with Crippen LogP contribution in [0.5, 0.6) is 0 Å². The number of halogens is 3. The maximum absolute atomic E-state index is 12.2. The van der Waals surface area contributed by atoms with Gasteiger partial charge in [-0.15, -0.1) is 12.4 Å². The number of hydrogen-bond acceptors (Lipinski definition) is 2. The van der Waals surface area contributed by atoms with E-state index in [0.29, 0.717) is 21.5 Å². The average molecular weight is 386 g/mol. The van der Waals surface area contributed by atoms with Gasteiger partial charge in [0, 0.05) is 17.8 Å². The first kappa shape index (κ1) is 19.1. The van der Waals surface area contributed by atoms with Gasteiger partial charge in [-0.05, 0) is 61.2 Å². The van der Waals surface area contributed by atoms with E-state index in [0.717, 1.165) is 18.8 Å². The molecule has 0 saturated carbocycles. The van der Waals surface area contributed by atoms with Gasteiger partial charge in [-0.1, -0.05) is 35.3 Å². The lowest BCUT2D eigenvalue weighted by Crippen LogP contribution is -2.28. The number of anilines is 1. The van der Waals surface area contributed by atoms with Crippen LogP contribution in [-0.4, -0.2) is 19.0 Å². The summed E-state index contributed by atoms with van der Waals surface area (Å²) in [5, 5.41) is 7.11. The molecule has 2 N–H and O–H groups in total. The first-order chi connectivity index (χ1) is 11.1. The standard InChI is InChI=1S/C18H18Cl2N2O.ClH/c19-16-8-5-13(10-17(16)20)18(23)22-15-6-3-12(4-7-15)14-2-1-9-21-11-14;/h3-8,10,14,21H,1-2,9,11H2,(H,22,23);1H. The zero-order valence-corrected chi connectivity index (χ0v) is 15.3. The quantitative estimate of drug-likeness (QED) is 0.768. The van der Waals surface area contributed by atoms with Gasteiger partial charge < -0.3 is 10.6 Å². The number of piperidine rings is 1. The van der Waals surface area contributed by atoms with Crippen molar-refractivity contribution in [1.82, 2.24) is 5.32 Å². The minimum Gasteiger partial charge on any atom is -0.322 e. The molecule has 0 spiro atoms. The smallest absolute Gasteiger partial charge is 0.255 e. The number of nitrogens with one attached hydrogen (secondary N) is 2. The second kappa shape index (κ2) is 8.72. The van der Waals surface area contributed by atoms with E-state index in [1.54, 1.807) is 18.2 Å². The molecule has 1 atom stereocenters. The summed E-state index contributed by atoms with van der Waals surface area (Å²) in [7, 11) is 0. The van der Waals surface area contributed by atoms with Crippen LogP contribution in [0.25, 0.3) is 0 Å². The molecular weight excluding hydrogens is 367 g/mol. The third-order valence-corrected chi connectivity index (χ3v) is 4.86. The lowest BCUT2D eigenvalue weighted by atomic mass is 9.91. The fourth-order valence-corrected chi connectivity index (χ4v) is 3.11. The summed E-state index contributed by atoms with van der Waals surface area (Å²) in [5.41, 5.74) is 2.57. The fraction of sp³-hybridized carbons (Fsp3) is 0.278. The van der Waals surface area contributed by atoms with Crippen molar-refractivity contribution < 1.29 is 4.79 Å². The van der Waals surface area contributed by atoms with E-state index in [9.17, 15) is 4.79 Å². The molecule has 0 radical (unpaired) electrons. The van der Waals surface area contributed by atoms with Crippen LogP contribution in [0.1, 0.15) is 34.7 Å². The predicted octanol–water partition coefficient (Wildman–Crippen LogP) is 5.13. The number of carbonyl (C=O) groups is 1. The Morgan fingerprint density at radius 2 is 1.83 bits per heavy atom. The van der Waals surface area contributed by atoms with Crippen LogP contribution >= 0.6 is 35.6 Å². The van der Waals surface area contributed by atoms with Crippen molar-refractivity contribution >= 4 is 47.2 Å². The van der Waals surface area contributed by atoms with E-state index >= 15 is 0 Å². The molecule has 3 nitrogen and oxygen atoms in total. The summed E-state index contributed by atoms with van der Waals surface area (Å²) in [6.45, 7) is 2.13. The average Bonchev–Trinajstić information content (AvgIpc) is 2.59. The van der Waals surface area contributed by atoms with Gasteiger partial charge in [0.2, 0.25) is 0 Å². The van der Waals surface area contributed by atoms with Gasteiger partial charge in [-0.2, -0.15) is 0 Å². The van der Waals surface area contributed by atoms with Crippen LogP contribution in [0.2, 0.25) is 10.0 Å². The molecule has 1 saturated heterocycles. The Morgan fingerprint density at radius 3 is 2.46 bits per heavy atom. The van der Waals surface area contributed by atoms with Gasteiger partial charge in [0.05, 0.1) is 10.0 Å². The number of hydrogen-bond donors (Lipinski definition) is 2. The Bertz CT molecular complexity index is 698. The molecule has 1 aliphatic heterocycles. The molecule has 0 bridgehead atoms. The maximum atomic E-state index is 12.2. The summed E-state index contributed by atoms with van der Waals surface area (Å²) in [6, 6.07) is 12.9. The molecule has 2 aromatic carbocycles. The van der Waals surface area contributed by atoms with Gasteiger partial charge in [0.25, 0.3) is 5.91 Å². The molecular formula is C18H19Cl3N2O. The molecule has 128 valence electrons. The summed E-state index contributed by atoms with van der Waals surface area (Å²) < 4.78 is 0. The highest BCUT2D eigenvalue weighted by molar-refractivity contribution is 6.42. The van der Waals surface area contributed by atoms with Crippen molar-refractivity contribution in [3.8, 4) is 0 Å². The third kappa shape index (κ3) is 4.64. The lowest BCUT2D eigenvalue weighted by Gasteiger charge is -2.23. The van der Waals surface area contributed by atoms with Crippen LogP contribution in [0.3, 0.4) is 0 Å². The zero-order valence-electron chi connectivity index (χ0n) is 13.0. The van der Waals surface area contributed by atoms with Crippen LogP contribution in [0.4, 0.5) is 5.69 Å². The molecule has 1 heterocycles. The Hall–Kier alpha value is -1.26. The zero-order chi connectivity index (χ0) is 16.2. The SMILES string of the molecule is Cl.O=C(Nc1ccc(C2CCCNC2)cc1)c1ccc(Cl)c(Cl)c1. The summed E-state index contributed by atoms with van der Waals surface area (Å²) >= 11 is 11.8. The van der Waals surface area contributed by atoms with E-state index in [2.05, 4.69) is 22.8 Å². The highest BCUT2D eigenvalue weighted by Crippen LogP contribution is 2.25. The van der Waals surface area contributed by atoms with Gasteiger partial charge >= 0.3 is 0 Å². The number of rotatable bonds is 3. The van der Waals surface area contributed by atoms with Crippen LogP contribution in [0, 0.1) is 0 Å². The first-order valence-electron chi connectivity index (χ1n) is 7.70. The van der Waals surface area contributed by atoms with Crippen molar-refractivity contribution in [2.45, 2.75) is 18.8 Å². The summed E-state index contributed by atoms with van der Waals surface area (Å²) in [5.74, 6) is 0.360. The van der Waals surface area contributed by atoms with Gasteiger partial charge in [0.15, 0.2) is 0 Å². The second-order valence-electron chi connectivity index (χ2n) is 5.75. The van der Waals surface area contributed by atoms with Crippen LogP contribution < -0.4 is 10.6 Å². The highest BCUT2D eigenvalue weighted by atomic mass is 35.5. The van der Waals surface area contributed by atoms with E-state index in [-0.39, 0.29) is 18.3 Å². The molecule has 0 aliphatic carbocycles. The maximum Gasteiger partial charge on any atom is 0.255 e. The molecule has 1 amide bonds. The minimum atomic E-state index is -0.198. The predicted molar refractivity (Wildman–Crippen MR) is 103 cm³/mol. The monoisotopic (exact) mass is 384 g/mol. The van der Waals surface area contributed by atoms with Gasteiger partial charge in [0.1, 0.15) is 0 Å². The van der Waals surface area contributed by atoms with E-state index in [4.69, 9.17) is 23.2 Å². The van der Waals surface area contributed by atoms with Crippen molar-refractivity contribution in [3.05, 3.63) is 63.6 Å². The number of amides is 1. The molecule has 1 fully saturated rings. The highest BCUT2D eigenvalue weighted by Gasteiger charge is 2.15. The Labute approximate surface area is 158 Å². The topological polar surface area (TPSA) is 41.1 Å². The minimum absolute atomic E-state index is 0. The summed E-state index contributed by atoms with van der Waals surface area (Å²) in [6.07, 6.45) is 2.42. The molecule has 24 heavy (non-hydrogen) atoms. The van der Waals surface area contributed by atoms with Gasteiger partial charge in [-0.25, -0.2) is 0 Å². The Morgan fingerprint density at radius 1 is 1.08 bits per heavy atom. The van der Waals surface area contributed by atoms with Crippen molar-refractivity contribution in [1.29, 1.82) is 0 Å². The first-order valence-corrected chi connectivity index (χ1v) is 8.46. The Kier molecular flexibility index (Phi) is 6.93. The van der Waals surface area contributed by atoms with E-state index in [1.807, 2.05) is 12.1 Å². The van der Waals surface area contributed by atoms with Crippen LogP contribution in [-0.2, 0) is 0 Å². The lowest BCUT2D eigenvalue weighted by molar-refractivity contribution is 0.102. The molecule has 1 aliphatic rings. The molecule has 3 rings (SSSR count). The largest absolute Gasteiger partial charge is 0.322 e. The van der Waals surface area contributed by atoms with Crippen molar-refractivity contribution in [2.75, 3.05) is 18.4 Å². The fourth-order valence-electron chi connectivity index (χ4n) is 2.82. The normalized spacial score (nSPS) is 17.0. The number of benzene rings is 2. The molecule has 2 aromatic rings. The number of carbonyl (C=O) groups excluding carboxylic acids is 1. The summed E-state index contributed by atoms with van der Waals surface area (Å²) in [4.78, 5) is 12.2. The van der Waals surface area contributed by atoms with Crippen molar-refractivity contribution in [3.63, 3.8) is 0 Å². The van der Waals surface area contributed by atoms with Crippen molar-refractivity contribution in [2.24, 2.45) is 0 Å². The molecule has 0 aromatic heterocycles. The van der Waals surface area contributed by atoms with Crippen LogP contribution in [0.15, 0.2) is 42.5 Å². The van der Waals surface area contributed by atoms with E-state index < -0.39 is 0 Å². The molecule has 1 unspecified atom stereocenters. The third-order valence-electron chi connectivity index (χ3n) is 4.12.